The van der Waals surface area contributed by atoms with E-state index < -0.39 is 40.9 Å². The molecule has 3 N–H and O–H groups in total. The van der Waals surface area contributed by atoms with Gasteiger partial charge in [0, 0.05) is 98.5 Å². The highest BCUT2D eigenvalue weighted by Crippen LogP contribution is 2.38. The van der Waals surface area contributed by atoms with E-state index in [0.717, 1.165) is 56.2 Å². The Bertz CT molecular complexity index is 2580. The van der Waals surface area contributed by atoms with Crippen LogP contribution >= 0.6 is 0 Å². The monoisotopic (exact) mass is 848 g/mol. The van der Waals surface area contributed by atoms with Crippen molar-refractivity contribution in [2.24, 2.45) is 0 Å². The quantitative estimate of drug-likeness (QED) is 0.164. The number of carbonyl (C=O) groups excluding carboxylic acids is 3. The minimum Gasteiger partial charge on any atom is -0.386 e. The first-order chi connectivity index (χ1) is 29.8. The van der Waals surface area contributed by atoms with Crippen molar-refractivity contribution in [1.29, 1.82) is 5.26 Å². The number of aliphatic hydroxyl groups is 1. The molecule has 62 heavy (non-hydrogen) atoms. The number of carbonyl (C=O) groups is 3. The smallest absolute Gasteiger partial charge is 0.274 e. The summed E-state index contributed by atoms with van der Waals surface area (Å²) in [6.07, 6.45) is 7.48. The molecule has 3 aromatic heterocycles. The second-order valence-corrected chi connectivity index (χ2v) is 17.7. The van der Waals surface area contributed by atoms with E-state index in [1.54, 1.807) is 39.2 Å². The summed E-state index contributed by atoms with van der Waals surface area (Å²) in [5, 5.41) is 35.7. The van der Waals surface area contributed by atoms with E-state index in [2.05, 4.69) is 31.6 Å². The van der Waals surface area contributed by atoms with Gasteiger partial charge in [0.1, 0.15) is 23.4 Å². The van der Waals surface area contributed by atoms with E-state index in [9.17, 15) is 24.8 Å². The van der Waals surface area contributed by atoms with Gasteiger partial charge in [0.25, 0.3) is 5.91 Å². The predicted octanol–water partition coefficient (Wildman–Crippen LogP) is 4.84. The van der Waals surface area contributed by atoms with E-state index in [0.29, 0.717) is 59.5 Å². The number of methoxy groups -OCH3 is 1. The van der Waals surface area contributed by atoms with Crippen LogP contribution in [0.15, 0.2) is 54.9 Å². The fraction of sp³-hybridized carbons (Fsp3) is 0.467. The molecule has 5 aromatic rings. The van der Waals surface area contributed by atoms with Crippen LogP contribution in [-0.4, -0.2) is 117 Å². The lowest BCUT2D eigenvalue weighted by atomic mass is 9.89. The third-order valence-corrected chi connectivity index (χ3v) is 13.3. The number of nitriles is 1. The molecule has 3 aliphatic heterocycles. The molecule has 1 aliphatic carbocycles. The third kappa shape index (κ3) is 7.92. The Labute approximate surface area is 357 Å². The van der Waals surface area contributed by atoms with Crippen molar-refractivity contribution in [3.63, 3.8) is 0 Å². The molecule has 0 spiro atoms. The van der Waals surface area contributed by atoms with Crippen molar-refractivity contribution in [3.8, 4) is 6.07 Å². The Kier molecular flexibility index (Phi) is 11.0. The van der Waals surface area contributed by atoms with E-state index >= 15 is 8.78 Å². The first-order valence-corrected chi connectivity index (χ1v) is 21.3. The number of aromatic nitrogens is 4. The molecule has 15 nitrogen and oxygen atoms in total. The maximum atomic E-state index is 15.3. The van der Waals surface area contributed by atoms with Gasteiger partial charge in [-0.3, -0.25) is 34.2 Å². The second kappa shape index (κ2) is 16.5. The Morgan fingerprint density at radius 1 is 1.00 bits per heavy atom. The van der Waals surface area contributed by atoms with E-state index in [-0.39, 0.29) is 36.5 Å². The minimum absolute atomic E-state index is 0.0458. The van der Waals surface area contributed by atoms with E-state index in [1.165, 1.54) is 22.8 Å². The van der Waals surface area contributed by atoms with Crippen LogP contribution in [0.25, 0.3) is 16.4 Å². The SMILES string of the molecule is COC[C@H]1CN(C2CCC(n3cc4cc(NC(=O)c5ccc6cc(C#N)cnn56)c(C(C)(C)O)cc4n3)CC2)CCN1C1CN(c2cc(F)c([C@H]3CCC(=O)NC3=O)c(F)c2)C1. The summed E-state index contributed by atoms with van der Waals surface area (Å²) in [6.45, 7) is 7.80. The number of rotatable bonds is 10. The second-order valence-electron chi connectivity index (χ2n) is 17.7. The Morgan fingerprint density at radius 3 is 2.44 bits per heavy atom. The number of benzene rings is 2. The number of nitrogens with zero attached hydrogens (tertiary/aromatic N) is 8. The molecule has 4 aliphatic rings. The van der Waals surface area contributed by atoms with Crippen LogP contribution < -0.4 is 15.5 Å². The van der Waals surface area contributed by atoms with Crippen LogP contribution in [0.5, 0.6) is 0 Å². The van der Waals surface area contributed by atoms with Gasteiger partial charge in [0.15, 0.2) is 0 Å². The lowest BCUT2D eigenvalue weighted by molar-refractivity contribution is -0.134. The largest absolute Gasteiger partial charge is 0.386 e. The van der Waals surface area contributed by atoms with E-state index in [4.69, 9.17) is 9.84 Å². The van der Waals surface area contributed by atoms with Gasteiger partial charge in [-0.15, -0.1) is 0 Å². The fourth-order valence-corrected chi connectivity index (χ4v) is 9.97. The molecule has 9 rings (SSSR count). The van der Waals surface area contributed by atoms with E-state index in [1.807, 2.05) is 27.9 Å². The molecule has 17 heteroatoms. The Morgan fingerprint density at radius 2 is 1.74 bits per heavy atom. The minimum atomic E-state index is -1.27. The summed E-state index contributed by atoms with van der Waals surface area (Å²) in [7, 11) is 1.72. The number of ether oxygens (including phenoxy) is 1. The summed E-state index contributed by atoms with van der Waals surface area (Å²) in [4.78, 5) is 44.5. The van der Waals surface area contributed by atoms with Gasteiger partial charge in [-0.05, 0) is 88.4 Å². The number of anilines is 2. The first-order valence-electron chi connectivity index (χ1n) is 21.3. The maximum Gasteiger partial charge on any atom is 0.274 e. The van der Waals surface area contributed by atoms with Gasteiger partial charge in [-0.25, -0.2) is 13.3 Å². The Balaban J connectivity index is 0.819. The number of fused-ring (bicyclic) bond motifs is 2. The fourth-order valence-electron chi connectivity index (χ4n) is 9.97. The number of piperazine rings is 1. The molecule has 2 atom stereocenters. The molecule has 3 saturated heterocycles. The van der Waals surface area contributed by atoms with Gasteiger partial charge in [-0.1, -0.05) is 0 Å². The summed E-state index contributed by atoms with van der Waals surface area (Å²) in [5.74, 6) is -4.06. The van der Waals surface area contributed by atoms with Crippen molar-refractivity contribution in [2.45, 2.75) is 88.1 Å². The zero-order valence-electron chi connectivity index (χ0n) is 35.0. The van der Waals surface area contributed by atoms with Crippen LogP contribution in [0.4, 0.5) is 20.2 Å². The van der Waals surface area contributed by atoms with Crippen LogP contribution in [0.3, 0.4) is 0 Å². The number of nitrogens with one attached hydrogen (secondary N) is 2. The molecule has 6 heterocycles. The van der Waals surface area contributed by atoms with Crippen LogP contribution in [0.1, 0.15) is 91.5 Å². The van der Waals surface area contributed by atoms with Gasteiger partial charge in [0.05, 0.1) is 47.0 Å². The zero-order chi connectivity index (χ0) is 43.4. The predicted molar refractivity (Wildman–Crippen MR) is 226 cm³/mol. The molecule has 4 fully saturated rings. The highest BCUT2D eigenvalue weighted by molar-refractivity contribution is 6.05. The topological polar surface area (TPSA) is 173 Å². The normalized spacial score (nSPS) is 23.1. The number of piperidine rings is 1. The maximum absolute atomic E-state index is 15.3. The number of hydrogen-bond acceptors (Lipinski definition) is 11. The van der Waals surface area contributed by atoms with Crippen LogP contribution in [0.2, 0.25) is 0 Å². The highest BCUT2D eigenvalue weighted by Gasteiger charge is 2.41. The number of halogens is 2. The number of hydrogen-bond donors (Lipinski definition) is 3. The van der Waals surface area contributed by atoms with Crippen molar-refractivity contribution < 1.29 is 33.0 Å². The molecule has 2 aromatic carbocycles. The molecular formula is C45H50F2N10O5. The van der Waals surface area contributed by atoms with Gasteiger partial charge in [-0.2, -0.15) is 15.5 Å². The lowest BCUT2D eigenvalue weighted by Gasteiger charge is -2.53. The molecule has 0 unspecified atom stereocenters. The van der Waals surface area contributed by atoms with Crippen LogP contribution in [0, 0.1) is 23.0 Å². The standard InChI is InChI=1S/C45H50F2N10O5/c1-45(2,61)35-18-38-27(15-39(35)50-44(60)40-10-8-30-14-26(19-48)20-49-57(30)40)21-56(52-38)29-6-4-28(5-7-29)53-12-13-55(33(24-53)25-62-3)32-22-54(23-32)31-16-36(46)42(37(47)17-31)34-9-11-41(58)51-43(34)59/h8,10,14-18,20-21,28-29,32-34,61H,4-7,9,11-13,22-25H2,1-3H3,(H,50,60)(H,51,58,59)/t28?,29?,33-,34-/m1/s1. The van der Waals surface area contributed by atoms with Gasteiger partial charge >= 0.3 is 0 Å². The van der Waals surface area contributed by atoms with Crippen molar-refractivity contribution in [3.05, 3.63) is 88.9 Å². The average molecular weight is 849 g/mol. The summed E-state index contributed by atoms with van der Waals surface area (Å²) < 4.78 is 39.8. The average Bonchev–Trinajstić information content (AvgIpc) is 3.85. The lowest BCUT2D eigenvalue weighted by Crippen LogP contribution is -2.68. The summed E-state index contributed by atoms with van der Waals surface area (Å²) >= 11 is 0. The summed E-state index contributed by atoms with van der Waals surface area (Å²) in [6, 6.07) is 14.4. The van der Waals surface area contributed by atoms with Gasteiger partial charge in [0.2, 0.25) is 11.8 Å². The summed E-state index contributed by atoms with van der Waals surface area (Å²) in [5.41, 5.74) is 1.95. The molecule has 3 amide bonds. The molecule has 1 saturated carbocycles. The third-order valence-electron chi connectivity index (χ3n) is 13.3. The Hall–Kier alpha value is -5.80. The van der Waals surface area contributed by atoms with Crippen LogP contribution in [-0.2, 0) is 19.9 Å². The molecular weight excluding hydrogens is 799 g/mol. The van der Waals surface area contributed by atoms with Gasteiger partial charge < -0.3 is 20.1 Å². The first kappa shape index (κ1) is 41.5. The molecule has 0 radical (unpaired) electrons. The zero-order valence-corrected chi connectivity index (χ0v) is 35.0. The van der Waals surface area contributed by atoms with Crippen molar-refractivity contribution >= 4 is 45.5 Å². The van der Waals surface area contributed by atoms with Crippen molar-refractivity contribution in [1.82, 2.24) is 34.5 Å². The van der Waals surface area contributed by atoms with Crippen molar-refractivity contribution in [2.75, 3.05) is 56.7 Å². The molecule has 0 bridgehead atoms. The number of amides is 3. The molecule has 324 valence electrons. The number of imide groups is 1. The highest BCUT2D eigenvalue weighted by atomic mass is 19.1.